The maximum absolute atomic E-state index is 13.5. The summed E-state index contributed by atoms with van der Waals surface area (Å²) >= 11 is 3.19. The molecule has 1 fully saturated rings. The lowest BCUT2D eigenvalue weighted by molar-refractivity contribution is 0.0733. The van der Waals surface area contributed by atoms with E-state index in [-0.39, 0.29) is 16.6 Å². The molecule has 9 heteroatoms. The van der Waals surface area contributed by atoms with Crippen LogP contribution in [0.1, 0.15) is 33.0 Å². The average molecular weight is 477 g/mol. The highest BCUT2D eigenvalue weighted by atomic mass is 32.2. The fourth-order valence-electron chi connectivity index (χ4n) is 3.64. The molecule has 2 aromatic heterocycles. The Bertz CT molecular complexity index is 1080. The minimum absolute atomic E-state index is 0.0509. The lowest BCUT2D eigenvalue weighted by Crippen LogP contribution is -2.31. The zero-order valence-electron chi connectivity index (χ0n) is 17.2. The van der Waals surface area contributed by atoms with E-state index in [0.717, 1.165) is 22.6 Å². The Labute approximate surface area is 190 Å². The highest BCUT2D eigenvalue weighted by molar-refractivity contribution is 7.89. The van der Waals surface area contributed by atoms with Gasteiger partial charge in [0.15, 0.2) is 0 Å². The first-order chi connectivity index (χ1) is 15.0. The SMILES string of the molecule is COc1ccc(C(=O)N(Cc2cccs2)Cc2cccs2)cc1S(=O)(=O)N1CCCC1. The van der Waals surface area contributed by atoms with Crippen LogP contribution in [0, 0.1) is 0 Å². The largest absolute Gasteiger partial charge is 0.495 e. The van der Waals surface area contributed by atoms with E-state index in [9.17, 15) is 13.2 Å². The van der Waals surface area contributed by atoms with E-state index in [0.29, 0.717) is 31.7 Å². The Hall–Kier alpha value is -2.20. The van der Waals surface area contributed by atoms with Gasteiger partial charge in [0, 0.05) is 28.4 Å². The van der Waals surface area contributed by atoms with Gasteiger partial charge in [-0.3, -0.25) is 4.79 Å². The lowest BCUT2D eigenvalue weighted by atomic mass is 10.2. The van der Waals surface area contributed by atoms with Gasteiger partial charge in [-0.05, 0) is 53.9 Å². The molecule has 0 bridgehead atoms. The maximum atomic E-state index is 13.5. The molecule has 0 spiro atoms. The summed E-state index contributed by atoms with van der Waals surface area (Å²) < 4.78 is 33.2. The smallest absolute Gasteiger partial charge is 0.254 e. The van der Waals surface area contributed by atoms with Crippen LogP contribution in [-0.4, -0.2) is 43.7 Å². The fourth-order valence-corrected chi connectivity index (χ4v) is 6.78. The molecule has 0 aliphatic carbocycles. The molecule has 1 aromatic carbocycles. The van der Waals surface area contributed by atoms with Crippen molar-refractivity contribution in [2.45, 2.75) is 30.8 Å². The molecule has 1 aliphatic heterocycles. The Balaban J connectivity index is 1.68. The van der Waals surface area contributed by atoms with E-state index >= 15 is 0 Å². The normalized spacial score (nSPS) is 14.6. The fraction of sp³-hybridized carbons (Fsp3) is 0.318. The van der Waals surface area contributed by atoms with Crippen LogP contribution in [0.4, 0.5) is 0 Å². The van der Waals surface area contributed by atoms with E-state index in [2.05, 4.69) is 0 Å². The quantitative estimate of drug-likeness (QED) is 0.482. The third-order valence-electron chi connectivity index (χ3n) is 5.23. The minimum Gasteiger partial charge on any atom is -0.495 e. The van der Waals surface area contributed by atoms with Gasteiger partial charge in [-0.1, -0.05) is 12.1 Å². The summed E-state index contributed by atoms with van der Waals surface area (Å²) in [5.41, 5.74) is 0.340. The molecule has 1 saturated heterocycles. The first kappa shape index (κ1) is 22.0. The van der Waals surface area contributed by atoms with Gasteiger partial charge >= 0.3 is 0 Å². The van der Waals surface area contributed by atoms with Crippen molar-refractivity contribution in [3.8, 4) is 5.75 Å². The predicted molar refractivity (Wildman–Crippen MR) is 123 cm³/mol. The van der Waals surface area contributed by atoms with Gasteiger partial charge in [0.2, 0.25) is 10.0 Å². The Morgan fingerprint density at radius 3 is 2.16 bits per heavy atom. The summed E-state index contributed by atoms with van der Waals surface area (Å²) in [5, 5.41) is 3.97. The molecule has 0 atom stereocenters. The Morgan fingerprint density at radius 1 is 1.03 bits per heavy atom. The van der Waals surface area contributed by atoms with Crippen LogP contribution in [0.15, 0.2) is 58.1 Å². The summed E-state index contributed by atoms with van der Waals surface area (Å²) in [6, 6.07) is 12.6. The van der Waals surface area contributed by atoms with Crippen LogP contribution < -0.4 is 4.74 Å². The van der Waals surface area contributed by atoms with E-state index in [1.807, 2.05) is 35.0 Å². The van der Waals surface area contributed by atoms with Gasteiger partial charge in [-0.25, -0.2) is 8.42 Å². The summed E-state index contributed by atoms with van der Waals surface area (Å²) in [6.07, 6.45) is 1.69. The molecule has 31 heavy (non-hydrogen) atoms. The number of ether oxygens (including phenoxy) is 1. The van der Waals surface area contributed by atoms with E-state index in [1.165, 1.54) is 17.5 Å². The number of amides is 1. The number of carbonyl (C=O) groups excluding carboxylic acids is 1. The van der Waals surface area contributed by atoms with Crippen molar-refractivity contribution in [2.75, 3.05) is 20.2 Å². The Kier molecular flexibility index (Phi) is 6.76. The van der Waals surface area contributed by atoms with Gasteiger partial charge in [-0.15, -0.1) is 22.7 Å². The summed E-state index contributed by atoms with van der Waals surface area (Å²) in [4.78, 5) is 17.4. The Morgan fingerprint density at radius 2 is 1.65 bits per heavy atom. The van der Waals surface area contributed by atoms with E-state index < -0.39 is 10.0 Å². The zero-order chi connectivity index (χ0) is 21.8. The second-order valence-corrected chi connectivity index (χ2v) is 11.3. The third-order valence-corrected chi connectivity index (χ3v) is 8.88. The predicted octanol–water partition coefficient (Wildman–Crippen LogP) is 4.45. The van der Waals surface area contributed by atoms with Crippen molar-refractivity contribution < 1.29 is 17.9 Å². The molecule has 3 heterocycles. The van der Waals surface area contributed by atoms with Crippen LogP contribution in [0.5, 0.6) is 5.75 Å². The zero-order valence-corrected chi connectivity index (χ0v) is 19.6. The first-order valence-corrected chi connectivity index (χ1v) is 13.2. The van der Waals surface area contributed by atoms with Crippen LogP contribution in [0.2, 0.25) is 0 Å². The van der Waals surface area contributed by atoms with Gasteiger partial charge < -0.3 is 9.64 Å². The van der Waals surface area contributed by atoms with Crippen molar-refractivity contribution in [3.05, 3.63) is 68.5 Å². The topological polar surface area (TPSA) is 66.9 Å². The van der Waals surface area contributed by atoms with Crippen LogP contribution in [-0.2, 0) is 23.1 Å². The van der Waals surface area contributed by atoms with Gasteiger partial charge in [0.25, 0.3) is 5.91 Å². The highest BCUT2D eigenvalue weighted by Gasteiger charge is 2.31. The molecule has 0 saturated carbocycles. The molecule has 1 amide bonds. The third kappa shape index (κ3) is 4.85. The first-order valence-electron chi connectivity index (χ1n) is 10.0. The second-order valence-electron chi connectivity index (χ2n) is 7.30. The number of hydrogen-bond acceptors (Lipinski definition) is 6. The molecule has 3 aromatic rings. The number of thiophene rings is 2. The molecule has 6 nitrogen and oxygen atoms in total. The molecule has 164 valence electrons. The van der Waals surface area contributed by atoms with Crippen molar-refractivity contribution in [1.29, 1.82) is 0 Å². The van der Waals surface area contributed by atoms with E-state index in [4.69, 9.17) is 4.74 Å². The summed E-state index contributed by atoms with van der Waals surface area (Å²) in [6.45, 7) is 1.92. The number of nitrogens with zero attached hydrogens (tertiary/aromatic N) is 2. The molecular formula is C22H24N2O4S3. The number of benzene rings is 1. The van der Waals surface area contributed by atoms with Gasteiger partial charge in [0.05, 0.1) is 20.2 Å². The highest BCUT2D eigenvalue weighted by Crippen LogP contribution is 2.31. The van der Waals surface area contributed by atoms with Crippen molar-refractivity contribution in [3.63, 3.8) is 0 Å². The number of methoxy groups -OCH3 is 1. The van der Waals surface area contributed by atoms with Crippen molar-refractivity contribution in [2.24, 2.45) is 0 Å². The minimum atomic E-state index is -3.72. The molecule has 0 radical (unpaired) electrons. The van der Waals surface area contributed by atoms with Crippen LogP contribution in [0.3, 0.4) is 0 Å². The lowest BCUT2D eigenvalue weighted by Gasteiger charge is -2.23. The summed E-state index contributed by atoms with van der Waals surface area (Å²) in [5.74, 6) is 0.0499. The standard InChI is InChI=1S/C22H24N2O4S3/c1-28-20-9-8-17(14-21(20)31(26,27)24-10-2-3-11-24)22(25)23(15-18-6-4-12-29-18)16-19-7-5-13-30-19/h4-9,12-14H,2-3,10-11,15-16H2,1H3. The molecule has 0 N–H and O–H groups in total. The molecule has 1 aliphatic rings. The summed E-state index contributed by atoms with van der Waals surface area (Å²) in [7, 11) is -2.28. The second kappa shape index (κ2) is 9.52. The average Bonchev–Trinajstić information content (AvgIpc) is 3.56. The number of hydrogen-bond donors (Lipinski definition) is 0. The molecule has 0 unspecified atom stereocenters. The number of sulfonamides is 1. The molecular weight excluding hydrogens is 452 g/mol. The van der Waals surface area contributed by atoms with Gasteiger partial charge in [0.1, 0.15) is 10.6 Å². The van der Waals surface area contributed by atoms with Crippen molar-refractivity contribution >= 4 is 38.6 Å². The number of rotatable bonds is 8. The van der Waals surface area contributed by atoms with Gasteiger partial charge in [-0.2, -0.15) is 4.31 Å². The van der Waals surface area contributed by atoms with Crippen molar-refractivity contribution in [1.82, 2.24) is 9.21 Å². The van der Waals surface area contributed by atoms with Crippen LogP contribution in [0.25, 0.3) is 0 Å². The molecule has 4 rings (SSSR count). The van der Waals surface area contributed by atoms with E-state index in [1.54, 1.807) is 39.7 Å². The maximum Gasteiger partial charge on any atom is 0.254 e. The monoisotopic (exact) mass is 476 g/mol. The van der Waals surface area contributed by atoms with Crippen LogP contribution >= 0.6 is 22.7 Å². The number of carbonyl (C=O) groups is 1.